The van der Waals surface area contributed by atoms with E-state index in [4.69, 9.17) is 11.6 Å². The van der Waals surface area contributed by atoms with Gasteiger partial charge in [0.25, 0.3) is 5.91 Å². The number of aryl methyl sites for hydroxylation is 1. The summed E-state index contributed by atoms with van der Waals surface area (Å²) in [7, 11) is 0. The van der Waals surface area contributed by atoms with Crippen LogP contribution >= 0.6 is 34.7 Å². The zero-order valence-corrected chi connectivity index (χ0v) is 17.5. The Bertz CT molecular complexity index is 1120. The maximum absolute atomic E-state index is 12.5. The van der Waals surface area contributed by atoms with Gasteiger partial charge in [0.1, 0.15) is 0 Å². The number of para-hydroxylation sites is 1. The second-order valence-corrected chi connectivity index (χ2v) is 8.85. The summed E-state index contributed by atoms with van der Waals surface area (Å²) in [6.07, 6.45) is 0. The van der Waals surface area contributed by atoms with Gasteiger partial charge >= 0.3 is 0 Å². The molecule has 0 spiro atoms. The van der Waals surface area contributed by atoms with E-state index in [2.05, 4.69) is 10.3 Å². The predicted molar refractivity (Wildman–Crippen MR) is 120 cm³/mol. The lowest BCUT2D eigenvalue weighted by Gasteiger charge is -2.05. The fourth-order valence-electron chi connectivity index (χ4n) is 2.76. The summed E-state index contributed by atoms with van der Waals surface area (Å²) in [6.45, 7) is 2.02. The van der Waals surface area contributed by atoms with E-state index < -0.39 is 0 Å². The molecule has 6 heteroatoms. The highest BCUT2D eigenvalue weighted by atomic mass is 35.5. The maximum Gasteiger partial charge on any atom is 0.257 e. The van der Waals surface area contributed by atoms with Gasteiger partial charge in [-0.05, 0) is 60.5 Å². The van der Waals surface area contributed by atoms with E-state index in [9.17, 15) is 4.79 Å². The lowest BCUT2D eigenvalue weighted by molar-refractivity contribution is 0.102. The minimum Gasteiger partial charge on any atom is -0.298 e. The number of aromatic nitrogens is 1. The number of nitrogens with zero attached hydrogens (tertiary/aromatic N) is 1. The molecular weight excluding hydrogens is 408 g/mol. The molecule has 4 rings (SSSR count). The molecule has 1 heterocycles. The smallest absolute Gasteiger partial charge is 0.257 e. The van der Waals surface area contributed by atoms with Gasteiger partial charge in [-0.15, -0.1) is 11.8 Å². The van der Waals surface area contributed by atoms with E-state index in [0.717, 1.165) is 37.0 Å². The van der Waals surface area contributed by atoms with Crippen molar-refractivity contribution < 1.29 is 4.79 Å². The summed E-state index contributed by atoms with van der Waals surface area (Å²) >= 11 is 9.14. The zero-order valence-electron chi connectivity index (χ0n) is 15.1. The number of thioether (sulfide) groups is 1. The Balaban J connectivity index is 1.40. The van der Waals surface area contributed by atoms with Crippen molar-refractivity contribution in [3.05, 3.63) is 88.4 Å². The van der Waals surface area contributed by atoms with E-state index in [-0.39, 0.29) is 5.91 Å². The van der Waals surface area contributed by atoms with Crippen LogP contribution in [-0.4, -0.2) is 10.9 Å². The van der Waals surface area contributed by atoms with Crippen LogP contribution in [0.15, 0.2) is 71.6 Å². The standard InChI is InChI=1S/C22H17ClN2OS2/c1-14-3-2-4-19-20(14)24-22(28-19)25-21(26)16-7-5-15(6-8-16)13-27-18-11-9-17(23)10-12-18/h2-12H,13H2,1H3,(H,24,25,26). The maximum atomic E-state index is 12.5. The summed E-state index contributed by atoms with van der Waals surface area (Å²) in [5.41, 5.74) is 3.83. The van der Waals surface area contributed by atoms with Gasteiger partial charge < -0.3 is 0 Å². The Labute approximate surface area is 176 Å². The predicted octanol–water partition coefficient (Wildman–Crippen LogP) is 6.80. The molecule has 140 valence electrons. The Morgan fingerprint density at radius 1 is 1.07 bits per heavy atom. The van der Waals surface area contributed by atoms with Crippen LogP contribution in [0, 0.1) is 6.92 Å². The van der Waals surface area contributed by atoms with E-state index in [1.54, 1.807) is 11.8 Å². The Hall–Kier alpha value is -2.34. The number of hydrogen-bond acceptors (Lipinski definition) is 4. The molecule has 0 atom stereocenters. The number of benzene rings is 3. The largest absolute Gasteiger partial charge is 0.298 e. The summed E-state index contributed by atoms with van der Waals surface area (Å²) in [5.74, 6) is 0.689. The average Bonchev–Trinajstić information content (AvgIpc) is 3.12. The molecule has 0 radical (unpaired) electrons. The minimum absolute atomic E-state index is 0.145. The molecule has 28 heavy (non-hydrogen) atoms. The summed E-state index contributed by atoms with van der Waals surface area (Å²) in [6, 6.07) is 21.5. The SMILES string of the molecule is Cc1cccc2sc(NC(=O)c3ccc(CSc4ccc(Cl)cc4)cc3)nc12. The third-order valence-corrected chi connectivity index (χ3v) is 6.55. The molecule has 0 saturated carbocycles. The second kappa shape index (κ2) is 8.35. The first-order valence-corrected chi connectivity index (χ1v) is 10.9. The number of carbonyl (C=O) groups excluding carboxylic acids is 1. The number of carbonyl (C=O) groups is 1. The lowest BCUT2D eigenvalue weighted by Crippen LogP contribution is -2.11. The van der Waals surface area contributed by atoms with Crippen molar-refractivity contribution in [3.63, 3.8) is 0 Å². The van der Waals surface area contributed by atoms with E-state index >= 15 is 0 Å². The third-order valence-electron chi connectivity index (χ3n) is 4.28. The van der Waals surface area contributed by atoms with Crippen molar-refractivity contribution in [2.24, 2.45) is 0 Å². The van der Waals surface area contributed by atoms with Crippen molar-refractivity contribution >= 4 is 56.0 Å². The van der Waals surface area contributed by atoms with Gasteiger partial charge in [0.15, 0.2) is 5.13 Å². The summed E-state index contributed by atoms with van der Waals surface area (Å²) < 4.78 is 1.07. The average molecular weight is 425 g/mol. The van der Waals surface area contributed by atoms with Crippen LogP contribution in [0.3, 0.4) is 0 Å². The molecule has 0 bridgehead atoms. The molecule has 0 unspecified atom stereocenters. The van der Waals surface area contributed by atoms with Gasteiger partial charge in [-0.25, -0.2) is 4.98 Å². The van der Waals surface area contributed by atoms with E-state index in [1.807, 2.05) is 73.7 Å². The van der Waals surface area contributed by atoms with Crippen LogP contribution in [0.5, 0.6) is 0 Å². The van der Waals surface area contributed by atoms with Crippen molar-refractivity contribution in [1.82, 2.24) is 4.98 Å². The molecule has 0 fully saturated rings. The Morgan fingerprint density at radius 2 is 1.82 bits per heavy atom. The van der Waals surface area contributed by atoms with Gasteiger partial charge in [-0.2, -0.15) is 0 Å². The van der Waals surface area contributed by atoms with Gasteiger partial charge in [0.05, 0.1) is 10.2 Å². The minimum atomic E-state index is -0.145. The highest BCUT2D eigenvalue weighted by Gasteiger charge is 2.11. The van der Waals surface area contributed by atoms with Crippen molar-refractivity contribution in [2.75, 3.05) is 5.32 Å². The van der Waals surface area contributed by atoms with Crippen LogP contribution in [-0.2, 0) is 5.75 Å². The highest BCUT2D eigenvalue weighted by Crippen LogP contribution is 2.28. The quantitative estimate of drug-likeness (QED) is 0.358. The van der Waals surface area contributed by atoms with Crippen LogP contribution in [0.1, 0.15) is 21.5 Å². The van der Waals surface area contributed by atoms with E-state index in [0.29, 0.717) is 10.7 Å². The molecule has 3 nitrogen and oxygen atoms in total. The molecule has 1 amide bonds. The van der Waals surface area contributed by atoms with Crippen molar-refractivity contribution in [3.8, 4) is 0 Å². The molecule has 0 aliphatic carbocycles. The third kappa shape index (κ3) is 4.38. The van der Waals surface area contributed by atoms with Crippen LogP contribution in [0.2, 0.25) is 5.02 Å². The first-order valence-electron chi connectivity index (χ1n) is 8.73. The molecule has 0 saturated heterocycles. The Kier molecular flexibility index (Phi) is 5.67. The number of amides is 1. The van der Waals surface area contributed by atoms with Gasteiger partial charge in [0, 0.05) is 21.2 Å². The zero-order chi connectivity index (χ0) is 19.5. The lowest BCUT2D eigenvalue weighted by atomic mass is 10.1. The molecule has 3 aromatic carbocycles. The molecule has 4 aromatic rings. The summed E-state index contributed by atoms with van der Waals surface area (Å²) in [5, 5.41) is 4.27. The molecule has 1 N–H and O–H groups in total. The fraction of sp³-hybridized carbons (Fsp3) is 0.0909. The molecular formula is C22H17ClN2OS2. The number of rotatable bonds is 5. The monoisotopic (exact) mass is 424 g/mol. The van der Waals surface area contributed by atoms with Crippen molar-refractivity contribution in [1.29, 1.82) is 0 Å². The second-order valence-electron chi connectivity index (χ2n) is 6.33. The van der Waals surface area contributed by atoms with Crippen LogP contribution in [0.25, 0.3) is 10.2 Å². The number of hydrogen-bond donors (Lipinski definition) is 1. The first-order chi connectivity index (χ1) is 13.6. The van der Waals surface area contributed by atoms with E-state index in [1.165, 1.54) is 11.3 Å². The van der Waals surface area contributed by atoms with Gasteiger partial charge in [0.2, 0.25) is 0 Å². The highest BCUT2D eigenvalue weighted by molar-refractivity contribution is 7.98. The normalized spacial score (nSPS) is 10.9. The fourth-order valence-corrected chi connectivity index (χ4v) is 4.68. The molecule has 0 aliphatic heterocycles. The molecule has 0 aliphatic rings. The Morgan fingerprint density at radius 3 is 2.54 bits per heavy atom. The van der Waals surface area contributed by atoms with Gasteiger partial charge in [-0.1, -0.05) is 47.2 Å². The van der Waals surface area contributed by atoms with Crippen LogP contribution < -0.4 is 5.32 Å². The number of fused-ring (bicyclic) bond motifs is 1. The van der Waals surface area contributed by atoms with Crippen LogP contribution in [0.4, 0.5) is 5.13 Å². The van der Waals surface area contributed by atoms with Gasteiger partial charge in [-0.3, -0.25) is 10.1 Å². The number of nitrogens with one attached hydrogen (secondary N) is 1. The number of halogens is 1. The topological polar surface area (TPSA) is 42.0 Å². The van der Waals surface area contributed by atoms with Crippen molar-refractivity contribution in [2.45, 2.75) is 17.6 Å². The summed E-state index contributed by atoms with van der Waals surface area (Å²) in [4.78, 5) is 18.2. The number of anilines is 1. The first kappa shape index (κ1) is 19.0. The molecule has 1 aromatic heterocycles. The number of thiazole rings is 1.